The van der Waals surface area contributed by atoms with Gasteiger partial charge in [-0.15, -0.1) is 0 Å². The van der Waals surface area contributed by atoms with Crippen LogP contribution in [0.4, 0.5) is 5.69 Å². The van der Waals surface area contributed by atoms with E-state index in [0.29, 0.717) is 25.4 Å². The van der Waals surface area contributed by atoms with Gasteiger partial charge in [-0.2, -0.15) is 5.10 Å². The molecule has 0 radical (unpaired) electrons. The van der Waals surface area contributed by atoms with Gasteiger partial charge >= 0.3 is 0 Å². The Morgan fingerprint density at radius 1 is 1.58 bits per heavy atom. The first kappa shape index (κ1) is 14.3. The van der Waals surface area contributed by atoms with Gasteiger partial charge < -0.3 is 10.1 Å². The number of hydrogen-bond acceptors (Lipinski definition) is 4. The molecule has 0 atom stereocenters. The molecule has 1 saturated carbocycles. The zero-order valence-corrected chi connectivity index (χ0v) is 11.9. The lowest BCUT2D eigenvalue weighted by atomic mass is 10.4. The van der Waals surface area contributed by atoms with Crippen LogP contribution in [-0.4, -0.2) is 29.5 Å². The van der Waals surface area contributed by atoms with Gasteiger partial charge in [0.05, 0.1) is 18.5 Å². The van der Waals surface area contributed by atoms with Crippen LogP contribution in [0.5, 0.6) is 0 Å². The minimum absolute atomic E-state index is 0.200. The average molecular weight is 286 g/mol. The number of aromatic nitrogens is 2. The molecule has 0 aliphatic heterocycles. The van der Waals surface area contributed by atoms with Gasteiger partial charge in [-0.1, -0.05) is 18.5 Å². The topological polar surface area (TPSA) is 56.1 Å². The van der Waals surface area contributed by atoms with E-state index in [9.17, 15) is 4.79 Å². The zero-order chi connectivity index (χ0) is 13.7. The Morgan fingerprint density at radius 3 is 3.05 bits per heavy atom. The van der Waals surface area contributed by atoms with Crippen molar-refractivity contribution in [1.29, 1.82) is 0 Å². The molecule has 0 saturated heterocycles. The summed E-state index contributed by atoms with van der Waals surface area (Å²) in [7, 11) is 0. The van der Waals surface area contributed by atoms with Crippen molar-refractivity contribution in [2.75, 3.05) is 25.1 Å². The van der Waals surface area contributed by atoms with Gasteiger partial charge in [-0.25, -0.2) is 4.68 Å². The van der Waals surface area contributed by atoms with Gasteiger partial charge in [0.15, 0.2) is 0 Å². The molecule has 0 amide bonds. The maximum atomic E-state index is 11.9. The summed E-state index contributed by atoms with van der Waals surface area (Å²) in [6, 6.07) is 0. The van der Waals surface area contributed by atoms with E-state index in [1.165, 1.54) is 17.5 Å². The molecule has 106 valence electrons. The largest absolute Gasteiger partial charge is 0.380 e. The van der Waals surface area contributed by atoms with E-state index in [-0.39, 0.29) is 10.6 Å². The first-order valence-corrected chi connectivity index (χ1v) is 7.17. The monoisotopic (exact) mass is 285 g/mol. The fraction of sp³-hybridized carbons (Fsp3) is 0.692. The Bertz CT molecular complexity index is 471. The highest BCUT2D eigenvalue weighted by molar-refractivity contribution is 6.32. The van der Waals surface area contributed by atoms with Gasteiger partial charge in [-0.05, 0) is 25.2 Å². The summed E-state index contributed by atoms with van der Waals surface area (Å²) in [5.74, 6) is 0.767. The van der Waals surface area contributed by atoms with Crippen LogP contribution >= 0.6 is 11.6 Å². The van der Waals surface area contributed by atoms with E-state index in [1.54, 1.807) is 6.20 Å². The highest BCUT2D eigenvalue weighted by Crippen LogP contribution is 2.28. The van der Waals surface area contributed by atoms with Crippen molar-refractivity contribution in [1.82, 2.24) is 9.78 Å². The quantitative estimate of drug-likeness (QED) is 0.744. The van der Waals surface area contributed by atoms with Gasteiger partial charge in [-0.3, -0.25) is 4.79 Å². The third-order valence-electron chi connectivity index (χ3n) is 3.03. The SMILES string of the molecule is CCCn1ncc(NCCOCC2CC2)c(Cl)c1=O. The van der Waals surface area contributed by atoms with Crippen molar-refractivity contribution in [2.24, 2.45) is 5.92 Å². The minimum Gasteiger partial charge on any atom is -0.380 e. The second-order valence-electron chi connectivity index (χ2n) is 4.85. The number of halogens is 1. The summed E-state index contributed by atoms with van der Waals surface area (Å²) in [4.78, 5) is 11.9. The van der Waals surface area contributed by atoms with Crippen LogP contribution in [0.2, 0.25) is 5.02 Å². The van der Waals surface area contributed by atoms with Crippen LogP contribution in [0.3, 0.4) is 0 Å². The third-order valence-corrected chi connectivity index (χ3v) is 3.40. The number of nitrogens with one attached hydrogen (secondary N) is 1. The molecular weight excluding hydrogens is 266 g/mol. The Hall–Kier alpha value is -1.07. The smallest absolute Gasteiger partial charge is 0.287 e. The number of hydrogen-bond donors (Lipinski definition) is 1. The Labute approximate surface area is 117 Å². The van der Waals surface area contributed by atoms with Crippen LogP contribution in [0, 0.1) is 5.92 Å². The molecule has 1 aromatic heterocycles. The van der Waals surface area contributed by atoms with Crippen molar-refractivity contribution >= 4 is 17.3 Å². The molecule has 19 heavy (non-hydrogen) atoms. The lowest BCUT2D eigenvalue weighted by Crippen LogP contribution is -2.24. The Balaban J connectivity index is 1.82. The van der Waals surface area contributed by atoms with Crippen molar-refractivity contribution in [2.45, 2.75) is 32.7 Å². The van der Waals surface area contributed by atoms with E-state index < -0.39 is 0 Å². The number of anilines is 1. The Morgan fingerprint density at radius 2 is 2.37 bits per heavy atom. The zero-order valence-electron chi connectivity index (χ0n) is 11.2. The molecule has 2 rings (SSSR count). The molecule has 0 bridgehead atoms. The second-order valence-corrected chi connectivity index (χ2v) is 5.22. The molecule has 0 unspecified atom stereocenters. The van der Waals surface area contributed by atoms with Crippen molar-refractivity contribution in [3.8, 4) is 0 Å². The molecule has 1 aliphatic rings. The van der Waals surface area contributed by atoms with Gasteiger partial charge in [0.1, 0.15) is 5.02 Å². The molecule has 6 heteroatoms. The van der Waals surface area contributed by atoms with Crippen LogP contribution < -0.4 is 10.9 Å². The van der Waals surface area contributed by atoms with Gasteiger partial charge in [0.25, 0.3) is 5.56 Å². The van der Waals surface area contributed by atoms with E-state index in [2.05, 4.69) is 10.4 Å². The van der Waals surface area contributed by atoms with Crippen molar-refractivity contribution < 1.29 is 4.74 Å². The molecular formula is C13H20ClN3O2. The summed E-state index contributed by atoms with van der Waals surface area (Å²) >= 11 is 6.03. The molecule has 1 heterocycles. The van der Waals surface area contributed by atoms with E-state index in [4.69, 9.17) is 16.3 Å². The summed E-state index contributed by atoms with van der Waals surface area (Å²) in [5, 5.41) is 7.37. The highest BCUT2D eigenvalue weighted by atomic mass is 35.5. The number of rotatable bonds is 8. The first-order chi connectivity index (χ1) is 9.22. The molecule has 1 fully saturated rings. The lowest BCUT2D eigenvalue weighted by Gasteiger charge is -2.10. The van der Waals surface area contributed by atoms with Crippen LogP contribution in [0.1, 0.15) is 26.2 Å². The molecule has 1 aromatic rings. The molecule has 1 N–H and O–H groups in total. The average Bonchev–Trinajstić information content (AvgIpc) is 3.21. The fourth-order valence-electron chi connectivity index (χ4n) is 1.75. The van der Waals surface area contributed by atoms with Crippen LogP contribution in [0.15, 0.2) is 11.0 Å². The molecule has 1 aliphatic carbocycles. The van der Waals surface area contributed by atoms with Gasteiger partial charge in [0, 0.05) is 19.7 Å². The summed E-state index contributed by atoms with van der Waals surface area (Å²) in [6.07, 6.45) is 5.03. The third kappa shape index (κ3) is 4.21. The van der Waals surface area contributed by atoms with Crippen molar-refractivity contribution in [3.63, 3.8) is 0 Å². The normalized spacial score (nSPS) is 14.6. The van der Waals surface area contributed by atoms with Gasteiger partial charge in [0.2, 0.25) is 0 Å². The van der Waals surface area contributed by atoms with Crippen LogP contribution in [-0.2, 0) is 11.3 Å². The maximum absolute atomic E-state index is 11.9. The fourth-order valence-corrected chi connectivity index (χ4v) is 1.96. The molecule has 0 spiro atoms. The highest BCUT2D eigenvalue weighted by Gasteiger charge is 2.20. The first-order valence-electron chi connectivity index (χ1n) is 6.79. The number of aryl methyl sites for hydroxylation is 1. The summed E-state index contributed by atoms with van der Waals surface area (Å²) in [6.45, 7) is 4.66. The van der Waals surface area contributed by atoms with Crippen molar-refractivity contribution in [3.05, 3.63) is 21.6 Å². The van der Waals surface area contributed by atoms with E-state index >= 15 is 0 Å². The number of nitrogens with zero attached hydrogens (tertiary/aromatic N) is 2. The lowest BCUT2D eigenvalue weighted by molar-refractivity contribution is 0.134. The van der Waals surface area contributed by atoms with Crippen LogP contribution in [0.25, 0.3) is 0 Å². The standard InChI is InChI=1S/C13H20ClN3O2/c1-2-6-17-13(18)12(14)11(8-16-17)15-5-7-19-9-10-3-4-10/h8,10,15H,2-7,9H2,1H3. The molecule has 0 aromatic carbocycles. The summed E-state index contributed by atoms with van der Waals surface area (Å²) < 4.78 is 6.89. The minimum atomic E-state index is -0.243. The predicted molar refractivity (Wildman–Crippen MR) is 75.8 cm³/mol. The van der Waals surface area contributed by atoms with E-state index in [0.717, 1.165) is 18.9 Å². The van der Waals surface area contributed by atoms with E-state index in [1.807, 2.05) is 6.92 Å². The Kier molecular flexibility index (Phi) is 5.22. The molecule has 5 nitrogen and oxygen atoms in total. The second kappa shape index (κ2) is 6.91. The summed E-state index contributed by atoms with van der Waals surface area (Å²) in [5.41, 5.74) is 0.335. The number of ether oxygens (including phenoxy) is 1. The maximum Gasteiger partial charge on any atom is 0.287 e. The predicted octanol–water partition coefficient (Wildman–Crippen LogP) is 2.15.